The summed E-state index contributed by atoms with van der Waals surface area (Å²) in [5.74, 6) is 0.579. The average molecular weight is 235 g/mol. The highest BCUT2D eigenvalue weighted by Crippen LogP contribution is 2.39. The molecule has 0 amide bonds. The van der Waals surface area contributed by atoms with Crippen molar-refractivity contribution in [2.24, 2.45) is 5.92 Å². The molecule has 1 atom stereocenters. The van der Waals surface area contributed by atoms with Gasteiger partial charge in [0.25, 0.3) is 0 Å². The third kappa shape index (κ3) is 2.09. The second-order valence-electron chi connectivity index (χ2n) is 5.34. The van der Waals surface area contributed by atoms with Gasteiger partial charge in [0.2, 0.25) is 0 Å². The van der Waals surface area contributed by atoms with Crippen molar-refractivity contribution in [3.8, 4) is 0 Å². The monoisotopic (exact) mass is 235 g/mol. The Hall–Kier alpha value is -0.930. The van der Waals surface area contributed by atoms with E-state index in [2.05, 4.69) is 5.32 Å². The molecule has 2 aliphatic heterocycles. The van der Waals surface area contributed by atoms with Gasteiger partial charge in [0, 0.05) is 5.41 Å². The zero-order valence-electron chi connectivity index (χ0n) is 9.92. The van der Waals surface area contributed by atoms with E-state index in [4.69, 9.17) is 4.74 Å². The fourth-order valence-corrected chi connectivity index (χ4v) is 3.00. The molecule has 0 aliphatic carbocycles. The molecule has 1 N–H and O–H groups in total. The lowest BCUT2D eigenvalue weighted by Gasteiger charge is -2.43. The number of rotatable bonds is 3. The molecular formula is C14H18FNO. The summed E-state index contributed by atoms with van der Waals surface area (Å²) in [5, 5.41) is 3.40. The molecule has 2 nitrogen and oxygen atoms in total. The van der Waals surface area contributed by atoms with Gasteiger partial charge in [-0.25, -0.2) is 4.39 Å². The highest BCUT2D eigenvalue weighted by Gasteiger charge is 2.42. The van der Waals surface area contributed by atoms with Crippen LogP contribution in [0.5, 0.6) is 0 Å². The van der Waals surface area contributed by atoms with Crippen molar-refractivity contribution < 1.29 is 9.13 Å². The van der Waals surface area contributed by atoms with Crippen LogP contribution in [0.2, 0.25) is 0 Å². The standard InChI is InChI=1S/C14H18FNO/c15-13-3-1-12(2-4-13)14(9-17-10-14)7-11-5-6-16-8-11/h1-4,11,16H,5-10H2. The van der Waals surface area contributed by atoms with Gasteiger partial charge in [-0.1, -0.05) is 12.1 Å². The lowest BCUT2D eigenvalue weighted by Crippen LogP contribution is -2.48. The van der Waals surface area contributed by atoms with E-state index < -0.39 is 0 Å². The molecule has 0 spiro atoms. The second kappa shape index (κ2) is 4.39. The Morgan fingerprint density at radius 3 is 2.59 bits per heavy atom. The number of benzene rings is 1. The third-order valence-electron chi connectivity index (χ3n) is 4.06. The van der Waals surface area contributed by atoms with Crippen LogP contribution in [0, 0.1) is 11.7 Å². The Balaban J connectivity index is 1.78. The molecule has 2 fully saturated rings. The van der Waals surface area contributed by atoms with E-state index in [9.17, 15) is 4.39 Å². The first-order valence-electron chi connectivity index (χ1n) is 6.33. The summed E-state index contributed by atoms with van der Waals surface area (Å²) in [4.78, 5) is 0. The number of halogens is 1. The zero-order chi connectivity index (χ0) is 11.7. The Kier molecular flexibility index (Phi) is 2.89. The van der Waals surface area contributed by atoms with Crippen LogP contribution in [0.15, 0.2) is 24.3 Å². The predicted molar refractivity (Wildman–Crippen MR) is 64.5 cm³/mol. The van der Waals surface area contributed by atoms with Crippen LogP contribution in [-0.2, 0) is 10.2 Å². The number of hydrogen-bond donors (Lipinski definition) is 1. The van der Waals surface area contributed by atoms with E-state index in [0.717, 1.165) is 38.6 Å². The molecule has 2 saturated heterocycles. The van der Waals surface area contributed by atoms with Crippen LogP contribution < -0.4 is 5.32 Å². The van der Waals surface area contributed by atoms with E-state index in [-0.39, 0.29) is 11.2 Å². The first-order chi connectivity index (χ1) is 8.28. The second-order valence-corrected chi connectivity index (χ2v) is 5.34. The molecule has 0 saturated carbocycles. The van der Waals surface area contributed by atoms with Gasteiger partial charge in [0.1, 0.15) is 5.82 Å². The van der Waals surface area contributed by atoms with E-state index in [0.29, 0.717) is 0 Å². The fraction of sp³-hybridized carbons (Fsp3) is 0.571. The molecule has 92 valence electrons. The summed E-state index contributed by atoms with van der Waals surface area (Å²) in [6.45, 7) is 3.82. The molecule has 2 aliphatic rings. The maximum atomic E-state index is 13.0. The third-order valence-corrected chi connectivity index (χ3v) is 4.06. The minimum atomic E-state index is -0.160. The Morgan fingerprint density at radius 1 is 1.29 bits per heavy atom. The van der Waals surface area contributed by atoms with E-state index in [1.807, 2.05) is 12.1 Å². The molecule has 0 aromatic heterocycles. The van der Waals surface area contributed by atoms with Crippen molar-refractivity contribution >= 4 is 0 Å². The summed E-state index contributed by atoms with van der Waals surface area (Å²) in [6, 6.07) is 6.95. The molecule has 2 heterocycles. The van der Waals surface area contributed by atoms with Crippen molar-refractivity contribution in [2.75, 3.05) is 26.3 Å². The van der Waals surface area contributed by atoms with Crippen LogP contribution in [0.1, 0.15) is 18.4 Å². The van der Waals surface area contributed by atoms with Crippen molar-refractivity contribution in [1.29, 1.82) is 0 Å². The molecule has 0 radical (unpaired) electrons. The minimum absolute atomic E-state index is 0.143. The van der Waals surface area contributed by atoms with E-state index in [1.165, 1.54) is 12.0 Å². The largest absolute Gasteiger partial charge is 0.379 e. The predicted octanol–water partition coefficient (Wildman–Crippen LogP) is 2.09. The van der Waals surface area contributed by atoms with E-state index in [1.54, 1.807) is 12.1 Å². The van der Waals surface area contributed by atoms with Crippen LogP contribution in [0.25, 0.3) is 0 Å². The quantitative estimate of drug-likeness (QED) is 0.866. The topological polar surface area (TPSA) is 21.3 Å². The van der Waals surface area contributed by atoms with Gasteiger partial charge in [-0.15, -0.1) is 0 Å². The SMILES string of the molecule is Fc1ccc(C2(CC3CCNC3)COC2)cc1. The van der Waals surface area contributed by atoms with Gasteiger partial charge in [-0.05, 0) is 49.5 Å². The maximum Gasteiger partial charge on any atom is 0.123 e. The average Bonchev–Trinajstić information content (AvgIpc) is 2.77. The van der Waals surface area contributed by atoms with Gasteiger partial charge < -0.3 is 10.1 Å². The van der Waals surface area contributed by atoms with Crippen molar-refractivity contribution in [1.82, 2.24) is 5.32 Å². The molecule has 1 aromatic rings. The van der Waals surface area contributed by atoms with Gasteiger partial charge in [0.15, 0.2) is 0 Å². The van der Waals surface area contributed by atoms with Gasteiger partial charge in [0.05, 0.1) is 13.2 Å². The van der Waals surface area contributed by atoms with E-state index >= 15 is 0 Å². The number of nitrogens with one attached hydrogen (secondary N) is 1. The lowest BCUT2D eigenvalue weighted by atomic mass is 9.72. The van der Waals surface area contributed by atoms with Crippen molar-refractivity contribution in [3.05, 3.63) is 35.6 Å². The molecule has 0 bridgehead atoms. The van der Waals surface area contributed by atoms with Crippen LogP contribution in [0.3, 0.4) is 0 Å². The molecule has 3 rings (SSSR count). The zero-order valence-corrected chi connectivity index (χ0v) is 9.92. The number of ether oxygens (including phenoxy) is 1. The molecule has 3 heteroatoms. The van der Waals surface area contributed by atoms with Crippen LogP contribution in [-0.4, -0.2) is 26.3 Å². The fourth-order valence-electron chi connectivity index (χ4n) is 3.00. The highest BCUT2D eigenvalue weighted by atomic mass is 19.1. The number of hydrogen-bond acceptors (Lipinski definition) is 2. The van der Waals surface area contributed by atoms with Crippen LogP contribution >= 0.6 is 0 Å². The Morgan fingerprint density at radius 2 is 2.06 bits per heavy atom. The molecule has 17 heavy (non-hydrogen) atoms. The summed E-state index contributed by atoms with van der Waals surface area (Å²) >= 11 is 0. The molecule has 1 aromatic carbocycles. The van der Waals surface area contributed by atoms with Crippen LogP contribution in [0.4, 0.5) is 4.39 Å². The Labute approximate surface area is 101 Å². The van der Waals surface area contributed by atoms with Gasteiger partial charge >= 0.3 is 0 Å². The maximum absolute atomic E-state index is 13.0. The summed E-state index contributed by atoms with van der Waals surface area (Å²) in [6.07, 6.45) is 2.41. The highest BCUT2D eigenvalue weighted by molar-refractivity contribution is 5.28. The first-order valence-corrected chi connectivity index (χ1v) is 6.33. The van der Waals surface area contributed by atoms with Crippen molar-refractivity contribution in [3.63, 3.8) is 0 Å². The molecular weight excluding hydrogens is 217 g/mol. The summed E-state index contributed by atoms with van der Waals surface area (Å²) < 4.78 is 18.4. The van der Waals surface area contributed by atoms with Gasteiger partial charge in [-0.2, -0.15) is 0 Å². The summed E-state index contributed by atoms with van der Waals surface area (Å²) in [5.41, 5.74) is 1.38. The first kappa shape index (κ1) is 11.2. The van der Waals surface area contributed by atoms with Crippen molar-refractivity contribution in [2.45, 2.75) is 18.3 Å². The minimum Gasteiger partial charge on any atom is -0.379 e. The lowest BCUT2D eigenvalue weighted by molar-refractivity contribution is -0.0706. The Bertz CT molecular complexity index is 380. The van der Waals surface area contributed by atoms with Gasteiger partial charge in [-0.3, -0.25) is 0 Å². The molecule has 1 unspecified atom stereocenters. The normalized spacial score (nSPS) is 26.8. The summed E-state index contributed by atoms with van der Waals surface area (Å²) in [7, 11) is 0. The smallest absolute Gasteiger partial charge is 0.123 e.